The average Bonchev–Trinajstić information content (AvgIpc) is 3.16. The fraction of sp³-hybridized carbons (Fsp3) is 0.706. The van der Waals surface area contributed by atoms with Crippen LogP contribution in [0.3, 0.4) is 0 Å². The van der Waals surface area contributed by atoms with Crippen LogP contribution in [0.5, 0.6) is 0 Å². The molecule has 110 valence electrons. The number of hydrogen-bond donors (Lipinski definition) is 0. The Morgan fingerprint density at radius 2 is 1.29 bits per heavy atom. The summed E-state index contributed by atoms with van der Waals surface area (Å²) in [4.78, 5) is 38.2. The number of Topliss-reactive ketones (excluding diaryl/α,β-unsaturated/α-hetero) is 1. The van der Waals surface area contributed by atoms with Gasteiger partial charge in [0.25, 0.3) is 0 Å². The van der Waals surface area contributed by atoms with E-state index in [2.05, 4.69) is 13.8 Å². The lowest BCUT2D eigenvalue weighted by Gasteiger charge is -2.44. The number of cyclic esters (lactones) is 2. The van der Waals surface area contributed by atoms with Gasteiger partial charge in [-0.3, -0.25) is 14.4 Å². The number of allylic oxidation sites excluding steroid dienone is 2. The highest BCUT2D eigenvalue weighted by atomic mass is 16.6. The van der Waals surface area contributed by atoms with Crippen LogP contribution in [0.25, 0.3) is 0 Å². The third kappa shape index (κ3) is 0.845. The molecule has 0 N–H and O–H groups in total. The second kappa shape index (κ2) is 3.16. The van der Waals surface area contributed by atoms with Crippen LogP contribution < -0.4 is 0 Å². The van der Waals surface area contributed by atoms with E-state index >= 15 is 0 Å². The van der Waals surface area contributed by atoms with Crippen molar-refractivity contribution in [3.05, 3.63) is 11.1 Å². The van der Waals surface area contributed by atoms with E-state index in [1.165, 1.54) is 11.1 Å². The van der Waals surface area contributed by atoms with E-state index in [1.807, 2.05) is 0 Å². The topological polar surface area (TPSA) is 60.4 Å². The highest BCUT2D eigenvalue weighted by Gasteiger charge is 2.91. The van der Waals surface area contributed by atoms with Gasteiger partial charge in [-0.25, -0.2) is 0 Å². The molecule has 4 saturated carbocycles. The number of carbonyl (C=O) groups is 3. The first-order chi connectivity index (χ1) is 9.98. The molecule has 0 aromatic heterocycles. The van der Waals surface area contributed by atoms with Gasteiger partial charge in [-0.2, -0.15) is 0 Å². The van der Waals surface area contributed by atoms with Crippen LogP contribution in [-0.2, 0) is 19.1 Å². The standard InChI is InChI=1S/C17H18O4/c1-7(2)12-8-3-4-9(12)17-11-6-5-10(13(11)18)16(8,17)14(19)21-15(17)20/h8-11H,3-6H2,1-2H3. The van der Waals surface area contributed by atoms with Crippen LogP contribution >= 0.6 is 0 Å². The summed E-state index contributed by atoms with van der Waals surface area (Å²) in [5, 5.41) is 0. The first kappa shape index (κ1) is 12.1. The van der Waals surface area contributed by atoms with Crippen molar-refractivity contribution in [2.45, 2.75) is 39.5 Å². The van der Waals surface area contributed by atoms with Gasteiger partial charge in [0, 0.05) is 11.8 Å². The monoisotopic (exact) mass is 286 g/mol. The molecule has 0 amide bonds. The highest BCUT2D eigenvalue weighted by molar-refractivity contribution is 6.13. The Labute approximate surface area is 122 Å². The van der Waals surface area contributed by atoms with Gasteiger partial charge < -0.3 is 4.74 Å². The van der Waals surface area contributed by atoms with Gasteiger partial charge in [0.2, 0.25) is 0 Å². The molecule has 0 radical (unpaired) electrons. The lowest BCUT2D eigenvalue weighted by Crippen LogP contribution is -2.53. The summed E-state index contributed by atoms with van der Waals surface area (Å²) in [5.74, 6) is -1.03. The summed E-state index contributed by atoms with van der Waals surface area (Å²) < 4.78 is 5.16. The minimum Gasteiger partial charge on any atom is -0.392 e. The van der Waals surface area contributed by atoms with Crippen LogP contribution in [0.4, 0.5) is 0 Å². The summed E-state index contributed by atoms with van der Waals surface area (Å²) >= 11 is 0. The molecule has 5 fully saturated rings. The van der Waals surface area contributed by atoms with Crippen LogP contribution in [-0.4, -0.2) is 17.7 Å². The highest BCUT2D eigenvalue weighted by Crippen LogP contribution is 2.83. The maximum Gasteiger partial charge on any atom is 0.322 e. The van der Waals surface area contributed by atoms with E-state index in [0.29, 0.717) is 0 Å². The Balaban J connectivity index is 1.90. The Morgan fingerprint density at radius 1 is 0.857 bits per heavy atom. The summed E-state index contributed by atoms with van der Waals surface area (Å²) in [7, 11) is 0. The van der Waals surface area contributed by atoms with Crippen molar-refractivity contribution < 1.29 is 19.1 Å². The molecule has 21 heavy (non-hydrogen) atoms. The zero-order valence-corrected chi connectivity index (χ0v) is 12.3. The molecule has 5 rings (SSSR count). The summed E-state index contributed by atoms with van der Waals surface area (Å²) in [6, 6.07) is 0. The average molecular weight is 286 g/mol. The minimum atomic E-state index is -0.834. The second-order valence-electron chi connectivity index (χ2n) is 7.64. The quantitative estimate of drug-likeness (QED) is 0.388. The third-order valence-electron chi connectivity index (χ3n) is 7.25. The van der Waals surface area contributed by atoms with Crippen molar-refractivity contribution in [2.75, 3.05) is 0 Å². The molecule has 0 aromatic carbocycles. The normalized spacial score (nSPS) is 52.5. The number of esters is 2. The van der Waals surface area contributed by atoms with Crippen molar-refractivity contribution in [1.29, 1.82) is 0 Å². The number of fused-ring (bicyclic) bond motifs is 4. The van der Waals surface area contributed by atoms with Crippen LogP contribution in [0.2, 0.25) is 0 Å². The lowest BCUT2D eigenvalue weighted by atomic mass is 9.51. The van der Waals surface area contributed by atoms with Gasteiger partial charge in [0.05, 0.1) is 0 Å². The predicted molar refractivity (Wildman–Crippen MR) is 71.8 cm³/mol. The van der Waals surface area contributed by atoms with Gasteiger partial charge in [0.15, 0.2) is 0 Å². The Bertz CT molecular complexity index is 622. The molecule has 4 heteroatoms. The molecule has 0 spiro atoms. The van der Waals surface area contributed by atoms with Crippen LogP contribution in [0.1, 0.15) is 39.5 Å². The smallest absolute Gasteiger partial charge is 0.322 e. The van der Waals surface area contributed by atoms with Crippen molar-refractivity contribution in [3.63, 3.8) is 0 Å². The Morgan fingerprint density at radius 3 is 1.71 bits per heavy atom. The molecule has 1 aliphatic heterocycles. The summed E-state index contributed by atoms with van der Waals surface area (Å²) in [5.41, 5.74) is 0.855. The van der Waals surface area contributed by atoms with E-state index in [9.17, 15) is 14.4 Å². The molecule has 4 bridgehead atoms. The second-order valence-corrected chi connectivity index (χ2v) is 7.64. The number of rotatable bonds is 0. The number of ether oxygens (including phenoxy) is 1. The molecular weight excluding hydrogens is 268 g/mol. The molecule has 5 aliphatic rings. The first-order valence-corrected chi connectivity index (χ1v) is 7.96. The molecule has 1 saturated heterocycles. The largest absolute Gasteiger partial charge is 0.392 e. The fourth-order valence-corrected chi connectivity index (χ4v) is 7.09. The molecule has 1 heterocycles. The van der Waals surface area contributed by atoms with Crippen LogP contribution in [0.15, 0.2) is 11.1 Å². The molecule has 6 atom stereocenters. The summed E-state index contributed by atoms with van der Waals surface area (Å²) in [6.45, 7) is 4.15. The van der Waals surface area contributed by atoms with E-state index in [4.69, 9.17) is 4.74 Å². The zero-order valence-electron chi connectivity index (χ0n) is 12.3. The van der Waals surface area contributed by atoms with Crippen molar-refractivity contribution in [3.8, 4) is 0 Å². The van der Waals surface area contributed by atoms with Gasteiger partial charge in [-0.1, -0.05) is 11.1 Å². The maximum atomic E-state index is 12.7. The third-order valence-corrected chi connectivity index (χ3v) is 7.25. The first-order valence-electron chi connectivity index (χ1n) is 7.96. The molecule has 0 aromatic rings. The lowest BCUT2D eigenvalue weighted by molar-refractivity contribution is -0.159. The van der Waals surface area contributed by atoms with E-state index < -0.39 is 10.8 Å². The van der Waals surface area contributed by atoms with Crippen LogP contribution in [0, 0.1) is 34.5 Å². The Hall–Kier alpha value is -1.45. The summed E-state index contributed by atoms with van der Waals surface area (Å²) in [6.07, 6.45) is 3.36. The fourth-order valence-electron chi connectivity index (χ4n) is 7.09. The van der Waals surface area contributed by atoms with Gasteiger partial charge >= 0.3 is 11.9 Å². The number of carbonyl (C=O) groups excluding carboxylic acids is 3. The van der Waals surface area contributed by atoms with E-state index in [1.54, 1.807) is 0 Å². The molecule has 4 nitrogen and oxygen atoms in total. The maximum absolute atomic E-state index is 12.7. The van der Waals surface area contributed by atoms with Crippen molar-refractivity contribution in [2.24, 2.45) is 34.5 Å². The molecule has 4 aliphatic carbocycles. The van der Waals surface area contributed by atoms with Crippen molar-refractivity contribution >= 4 is 17.7 Å². The van der Waals surface area contributed by atoms with E-state index in [0.717, 1.165) is 25.7 Å². The molecule has 6 unspecified atom stereocenters. The van der Waals surface area contributed by atoms with Gasteiger partial charge in [0.1, 0.15) is 16.6 Å². The number of ketones is 1. The van der Waals surface area contributed by atoms with Gasteiger partial charge in [-0.15, -0.1) is 0 Å². The molecular formula is C17H18O4. The minimum absolute atomic E-state index is 0.0608. The van der Waals surface area contributed by atoms with Crippen molar-refractivity contribution in [1.82, 2.24) is 0 Å². The SMILES string of the molecule is CC(C)=C1C2CCC1C13C(=O)OC(=O)C21C1CCC3C1=O. The zero-order chi connectivity index (χ0) is 14.7. The van der Waals surface area contributed by atoms with E-state index in [-0.39, 0.29) is 41.4 Å². The Kier molecular flexibility index (Phi) is 1.82. The number of hydrogen-bond acceptors (Lipinski definition) is 4. The van der Waals surface area contributed by atoms with Gasteiger partial charge in [-0.05, 0) is 51.4 Å². The predicted octanol–water partition coefficient (Wildman–Crippen LogP) is 2.03.